The van der Waals surface area contributed by atoms with Crippen LogP contribution in [0.25, 0.3) is 0 Å². The molecule has 0 saturated carbocycles. The molecule has 0 fully saturated rings. The molecule has 0 saturated heterocycles. The van der Waals surface area contributed by atoms with E-state index in [0.717, 1.165) is 11.1 Å². The minimum Gasteiger partial charge on any atom is -0.492 e. The Morgan fingerprint density at radius 2 is 1.79 bits per heavy atom. The van der Waals surface area contributed by atoms with Gasteiger partial charge < -0.3 is 15.0 Å². The molecule has 0 spiro atoms. The lowest BCUT2D eigenvalue weighted by molar-refractivity contribution is -0.120. The average Bonchev–Trinajstić information content (AvgIpc) is 2.94. The minimum absolute atomic E-state index is 0.111. The van der Waals surface area contributed by atoms with Crippen molar-refractivity contribution in [2.75, 3.05) is 23.4 Å². The summed E-state index contributed by atoms with van der Waals surface area (Å²) in [5, 5.41) is 2.88. The van der Waals surface area contributed by atoms with Gasteiger partial charge in [0.15, 0.2) is 0 Å². The van der Waals surface area contributed by atoms with Crippen LogP contribution >= 0.6 is 0 Å². The van der Waals surface area contributed by atoms with Gasteiger partial charge in [0.25, 0.3) is 0 Å². The number of ether oxygens (including phenoxy) is 1. The van der Waals surface area contributed by atoms with Crippen LogP contribution in [-0.4, -0.2) is 30.7 Å². The third-order valence-electron chi connectivity index (χ3n) is 5.65. The number of hydrogen-bond acceptors (Lipinski definition) is 4. The van der Waals surface area contributed by atoms with Crippen LogP contribution in [0, 0.1) is 13.8 Å². The summed E-state index contributed by atoms with van der Waals surface area (Å²) in [5.41, 5.74) is 5.80. The molecule has 6 heteroatoms. The third kappa shape index (κ3) is 4.95. The van der Waals surface area contributed by atoms with Crippen molar-refractivity contribution >= 4 is 34.6 Å². The number of nitrogens with zero attached hydrogens (tertiary/aromatic N) is 2. The topological polar surface area (TPSA) is 71.0 Å². The fraction of sp³-hybridized carbons (Fsp3) is 0.222. The molecule has 0 atom stereocenters. The quantitative estimate of drug-likeness (QED) is 0.572. The van der Waals surface area contributed by atoms with Crippen molar-refractivity contribution in [3.8, 4) is 5.75 Å². The molecular weight excluding hydrogens is 414 g/mol. The summed E-state index contributed by atoms with van der Waals surface area (Å²) in [4.78, 5) is 32.6. The van der Waals surface area contributed by atoms with Gasteiger partial charge in [0.1, 0.15) is 12.3 Å². The Balaban J connectivity index is 1.60. The van der Waals surface area contributed by atoms with Crippen LogP contribution in [0.3, 0.4) is 0 Å². The summed E-state index contributed by atoms with van der Waals surface area (Å²) in [6.45, 7) is 6.36. The molecule has 0 radical (unpaired) electrons. The van der Waals surface area contributed by atoms with Gasteiger partial charge in [0.05, 0.1) is 35.8 Å². The van der Waals surface area contributed by atoms with Crippen molar-refractivity contribution in [2.24, 2.45) is 4.99 Å². The number of benzene rings is 3. The molecule has 6 nitrogen and oxygen atoms in total. The maximum absolute atomic E-state index is 13.3. The largest absolute Gasteiger partial charge is 0.492 e. The van der Waals surface area contributed by atoms with E-state index in [0.29, 0.717) is 35.1 Å². The van der Waals surface area contributed by atoms with Gasteiger partial charge in [0, 0.05) is 0 Å². The number of aliphatic imine (C=N–C) groups is 1. The van der Waals surface area contributed by atoms with Crippen LogP contribution in [0.1, 0.15) is 30.0 Å². The Kier molecular flexibility index (Phi) is 6.54. The zero-order valence-electron chi connectivity index (χ0n) is 19.1. The highest BCUT2D eigenvalue weighted by molar-refractivity contribution is 6.19. The van der Waals surface area contributed by atoms with E-state index >= 15 is 0 Å². The first-order valence-corrected chi connectivity index (χ1v) is 11.0. The normalized spacial score (nSPS) is 13.1. The second-order valence-corrected chi connectivity index (χ2v) is 7.98. The molecule has 0 unspecified atom stereocenters. The molecule has 4 rings (SSSR count). The van der Waals surface area contributed by atoms with E-state index in [4.69, 9.17) is 9.73 Å². The van der Waals surface area contributed by atoms with Crippen LogP contribution in [0.5, 0.6) is 5.75 Å². The first-order chi connectivity index (χ1) is 16.0. The molecule has 33 heavy (non-hydrogen) atoms. The van der Waals surface area contributed by atoms with Crippen molar-refractivity contribution in [3.05, 3.63) is 83.4 Å². The van der Waals surface area contributed by atoms with Gasteiger partial charge in [-0.2, -0.15) is 0 Å². The number of aryl methyl sites for hydroxylation is 2. The Labute approximate surface area is 193 Å². The summed E-state index contributed by atoms with van der Waals surface area (Å²) in [5.74, 6) is 0.112. The summed E-state index contributed by atoms with van der Waals surface area (Å²) in [6.07, 6.45) is 0.111. The second-order valence-electron chi connectivity index (χ2n) is 7.98. The number of nitrogens with one attached hydrogen (secondary N) is 1. The van der Waals surface area contributed by atoms with Gasteiger partial charge >= 0.3 is 0 Å². The van der Waals surface area contributed by atoms with Crippen LogP contribution < -0.4 is 15.0 Å². The van der Waals surface area contributed by atoms with Crippen molar-refractivity contribution in [3.63, 3.8) is 0 Å². The number of rotatable bonds is 6. The van der Waals surface area contributed by atoms with E-state index in [-0.39, 0.29) is 24.8 Å². The van der Waals surface area contributed by atoms with Crippen LogP contribution in [-0.2, 0) is 9.59 Å². The Morgan fingerprint density at radius 1 is 1.03 bits per heavy atom. The zero-order valence-corrected chi connectivity index (χ0v) is 19.1. The summed E-state index contributed by atoms with van der Waals surface area (Å²) in [6, 6.07) is 20.7. The monoisotopic (exact) mass is 441 g/mol. The van der Waals surface area contributed by atoms with Gasteiger partial charge in [-0.25, -0.2) is 0 Å². The number of carbonyl (C=O) groups is 2. The van der Waals surface area contributed by atoms with Crippen molar-refractivity contribution in [1.82, 2.24) is 0 Å². The minimum atomic E-state index is -0.306. The number of anilines is 2. The molecule has 0 aliphatic carbocycles. The smallest absolute Gasteiger partial charge is 0.244 e. The first kappa shape index (κ1) is 22.3. The average molecular weight is 442 g/mol. The van der Waals surface area contributed by atoms with Gasteiger partial charge in [0.2, 0.25) is 11.8 Å². The van der Waals surface area contributed by atoms with E-state index in [2.05, 4.69) is 18.3 Å². The van der Waals surface area contributed by atoms with Crippen molar-refractivity contribution in [1.29, 1.82) is 0 Å². The summed E-state index contributed by atoms with van der Waals surface area (Å²) in [7, 11) is 0. The molecule has 168 valence electrons. The Bertz CT molecular complexity index is 1230. The number of hydrogen-bond donors (Lipinski definition) is 1. The van der Waals surface area contributed by atoms with Crippen LogP contribution in [0.4, 0.5) is 17.1 Å². The first-order valence-electron chi connectivity index (χ1n) is 11.0. The van der Waals surface area contributed by atoms with Crippen molar-refractivity contribution < 1.29 is 14.3 Å². The Morgan fingerprint density at radius 3 is 2.58 bits per heavy atom. The SMILES string of the molecule is CCOc1ccccc1NC(=O)CN1C(=O)CC(c2ccc(C)c(C)c2)=Nc2ccccc21. The van der Waals surface area contributed by atoms with Crippen LogP contribution in [0.2, 0.25) is 0 Å². The number of fused-ring (bicyclic) bond motifs is 1. The van der Waals surface area contributed by atoms with Gasteiger partial charge in [-0.15, -0.1) is 0 Å². The molecule has 1 N–H and O–H groups in total. The summed E-state index contributed by atoms with van der Waals surface area (Å²) >= 11 is 0. The molecule has 1 aliphatic heterocycles. The summed E-state index contributed by atoms with van der Waals surface area (Å²) < 4.78 is 5.59. The maximum atomic E-state index is 13.3. The predicted octanol–water partition coefficient (Wildman–Crippen LogP) is 5.20. The van der Waals surface area contributed by atoms with Crippen LogP contribution in [0.15, 0.2) is 71.7 Å². The van der Waals surface area contributed by atoms with Gasteiger partial charge in [-0.3, -0.25) is 14.6 Å². The molecule has 1 heterocycles. The molecule has 1 aliphatic rings. The lowest BCUT2D eigenvalue weighted by Gasteiger charge is -2.22. The lowest BCUT2D eigenvalue weighted by Crippen LogP contribution is -2.38. The van der Waals surface area contributed by atoms with E-state index in [1.165, 1.54) is 10.5 Å². The van der Waals surface area contributed by atoms with E-state index in [1.54, 1.807) is 12.1 Å². The second kappa shape index (κ2) is 9.69. The molecule has 3 aromatic rings. The fourth-order valence-electron chi connectivity index (χ4n) is 3.79. The maximum Gasteiger partial charge on any atom is 0.244 e. The molecule has 3 aromatic carbocycles. The number of para-hydroxylation sites is 4. The third-order valence-corrected chi connectivity index (χ3v) is 5.65. The van der Waals surface area contributed by atoms with E-state index < -0.39 is 0 Å². The predicted molar refractivity (Wildman–Crippen MR) is 132 cm³/mol. The molecule has 0 bridgehead atoms. The number of carbonyl (C=O) groups excluding carboxylic acids is 2. The van der Waals surface area contributed by atoms with E-state index in [9.17, 15) is 9.59 Å². The molecular formula is C27H27N3O3. The highest BCUT2D eigenvalue weighted by Gasteiger charge is 2.27. The van der Waals surface area contributed by atoms with Crippen molar-refractivity contribution in [2.45, 2.75) is 27.2 Å². The standard InChI is InChI=1S/C27H27N3O3/c1-4-33-25-12-8-6-10-22(25)29-26(31)17-30-24-11-7-5-9-21(24)28-23(16-27(30)32)20-14-13-18(2)19(3)15-20/h5-15H,4,16-17H2,1-3H3,(H,29,31). The lowest BCUT2D eigenvalue weighted by atomic mass is 10.0. The highest BCUT2D eigenvalue weighted by Crippen LogP contribution is 2.33. The molecule has 0 aromatic heterocycles. The van der Waals surface area contributed by atoms with E-state index in [1.807, 2.05) is 62.4 Å². The zero-order chi connectivity index (χ0) is 23.4. The van der Waals surface area contributed by atoms with Gasteiger partial charge in [-0.05, 0) is 67.8 Å². The number of amides is 2. The molecule has 2 amide bonds. The Hall–Kier alpha value is -3.93. The highest BCUT2D eigenvalue weighted by atomic mass is 16.5. The fourth-order valence-corrected chi connectivity index (χ4v) is 3.79. The van der Waals surface area contributed by atoms with Gasteiger partial charge in [-0.1, -0.05) is 36.4 Å².